The van der Waals surface area contributed by atoms with E-state index >= 15 is 0 Å². The smallest absolute Gasteiger partial charge is 0.320 e. The van der Waals surface area contributed by atoms with Crippen LogP contribution < -0.4 is 5.73 Å². The summed E-state index contributed by atoms with van der Waals surface area (Å²) in [5.41, 5.74) is 9.08. The van der Waals surface area contributed by atoms with Gasteiger partial charge in [0, 0.05) is 0 Å². The molecule has 1 unspecified atom stereocenters. The minimum Gasteiger partial charge on any atom is -0.480 e. The largest absolute Gasteiger partial charge is 0.480 e. The average Bonchev–Trinajstić information content (AvgIpc) is 2.28. The van der Waals surface area contributed by atoms with Gasteiger partial charge >= 0.3 is 5.97 Å². The Hall–Kier alpha value is -1.35. The van der Waals surface area contributed by atoms with Crippen molar-refractivity contribution >= 4 is 5.97 Å². The lowest BCUT2D eigenvalue weighted by atomic mass is 9.93. The van der Waals surface area contributed by atoms with Crippen LogP contribution in [0.2, 0.25) is 0 Å². The molecule has 0 aliphatic heterocycles. The highest BCUT2D eigenvalue weighted by Crippen LogP contribution is 2.20. The molecule has 0 aliphatic rings. The highest BCUT2D eigenvalue weighted by Gasteiger charge is 2.14. The molecule has 3 N–H and O–H groups in total. The molecule has 1 atom stereocenters. The molecule has 0 bridgehead atoms. The van der Waals surface area contributed by atoms with Gasteiger partial charge in [0.25, 0.3) is 0 Å². The molecule has 0 amide bonds. The van der Waals surface area contributed by atoms with Gasteiger partial charge in [0.2, 0.25) is 0 Å². The van der Waals surface area contributed by atoms with Gasteiger partial charge in [0.1, 0.15) is 6.04 Å². The Balaban J connectivity index is 3.01. The molecular weight excluding hydrogens is 214 g/mol. The van der Waals surface area contributed by atoms with E-state index in [9.17, 15) is 4.79 Å². The number of carbonyl (C=O) groups is 1. The summed E-state index contributed by atoms with van der Waals surface area (Å²) in [5, 5.41) is 8.86. The van der Waals surface area contributed by atoms with E-state index in [0.717, 1.165) is 12.0 Å². The molecule has 0 heterocycles. The number of hydrogen-bond acceptors (Lipinski definition) is 2. The van der Waals surface area contributed by atoms with Crippen LogP contribution >= 0.6 is 0 Å². The standard InChI is InChI=1S/C14H21NO2/c1-4-10-5-6-11(9(2)3)7-12(10)8-13(15)14(16)17/h5-7,9,13H,4,8,15H2,1-3H3,(H,16,17). The van der Waals surface area contributed by atoms with Crippen molar-refractivity contribution in [3.05, 3.63) is 34.9 Å². The fourth-order valence-corrected chi connectivity index (χ4v) is 1.86. The van der Waals surface area contributed by atoms with Crippen LogP contribution in [0.5, 0.6) is 0 Å². The molecular formula is C14H21NO2. The monoisotopic (exact) mass is 235 g/mol. The van der Waals surface area contributed by atoms with Crippen molar-refractivity contribution in [1.29, 1.82) is 0 Å². The van der Waals surface area contributed by atoms with Gasteiger partial charge in [-0.3, -0.25) is 4.79 Å². The van der Waals surface area contributed by atoms with Gasteiger partial charge in [-0.15, -0.1) is 0 Å². The van der Waals surface area contributed by atoms with Gasteiger partial charge in [0.15, 0.2) is 0 Å². The Morgan fingerprint density at radius 1 is 1.35 bits per heavy atom. The number of nitrogens with two attached hydrogens (primary N) is 1. The van der Waals surface area contributed by atoms with E-state index in [1.165, 1.54) is 11.1 Å². The van der Waals surface area contributed by atoms with E-state index in [2.05, 4.69) is 39.0 Å². The van der Waals surface area contributed by atoms with E-state index in [0.29, 0.717) is 12.3 Å². The second kappa shape index (κ2) is 5.82. The Morgan fingerprint density at radius 3 is 2.47 bits per heavy atom. The molecule has 1 aromatic rings. The summed E-state index contributed by atoms with van der Waals surface area (Å²) in [7, 11) is 0. The third-order valence-corrected chi connectivity index (χ3v) is 3.03. The van der Waals surface area contributed by atoms with E-state index < -0.39 is 12.0 Å². The predicted octanol–water partition coefficient (Wildman–Crippen LogP) is 2.33. The molecule has 3 nitrogen and oxygen atoms in total. The molecule has 0 saturated heterocycles. The molecule has 94 valence electrons. The number of aliphatic carboxylic acids is 1. The zero-order valence-electron chi connectivity index (χ0n) is 10.7. The van der Waals surface area contributed by atoms with Crippen molar-refractivity contribution in [1.82, 2.24) is 0 Å². The number of aryl methyl sites for hydroxylation is 1. The van der Waals surface area contributed by atoms with Crippen LogP contribution in [-0.4, -0.2) is 17.1 Å². The zero-order valence-corrected chi connectivity index (χ0v) is 10.7. The molecule has 0 aromatic heterocycles. The molecule has 0 spiro atoms. The van der Waals surface area contributed by atoms with Crippen LogP contribution in [0.15, 0.2) is 18.2 Å². The summed E-state index contributed by atoms with van der Waals surface area (Å²) >= 11 is 0. The maximum atomic E-state index is 10.8. The fraction of sp³-hybridized carbons (Fsp3) is 0.500. The highest BCUT2D eigenvalue weighted by atomic mass is 16.4. The molecule has 3 heteroatoms. The van der Waals surface area contributed by atoms with Gasteiger partial charge in [-0.2, -0.15) is 0 Å². The SMILES string of the molecule is CCc1ccc(C(C)C)cc1CC(N)C(=O)O. The summed E-state index contributed by atoms with van der Waals surface area (Å²) in [6, 6.07) is 5.47. The third-order valence-electron chi connectivity index (χ3n) is 3.03. The first-order chi connectivity index (χ1) is 7.95. The predicted molar refractivity (Wildman–Crippen MR) is 69.2 cm³/mol. The molecule has 1 aromatic carbocycles. The van der Waals surface area contributed by atoms with Crippen molar-refractivity contribution in [3.8, 4) is 0 Å². The first-order valence-corrected chi connectivity index (χ1v) is 6.05. The van der Waals surface area contributed by atoms with E-state index in [1.807, 2.05) is 0 Å². The first kappa shape index (κ1) is 13.7. The summed E-state index contributed by atoms with van der Waals surface area (Å²) < 4.78 is 0. The van der Waals surface area contributed by atoms with Crippen molar-refractivity contribution in [3.63, 3.8) is 0 Å². The molecule has 0 fully saturated rings. The van der Waals surface area contributed by atoms with Crippen molar-refractivity contribution in [2.75, 3.05) is 0 Å². The first-order valence-electron chi connectivity index (χ1n) is 6.05. The van der Waals surface area contributed by atoms with Crippen molar-refractivity contribution in [2.24, 2.45) is 5.73 Å². The molecule has 0 saturated carbocycles. The van der Waals surface area contributed by atoms with Crippen molar-refractivity contribution < 1.29 is 9.90 Å². The third kappa shape index (κ3) is 3.56. The van der Waals surface area contributed by atoms with Gasteiger partial charge < -0.3 is 10.8 Å². The topological polar surface area (TPSA) is 63.3 Å². The molecule has 0 radical (unpaired) electrons. The quantitative estimate of drug-likeness (QED) is 0.823. The zero-order chi connectivity index (χ0) is 13.0. The molecule has 17 heavy (non-hydrogen) atoms. The Morgan fingerprint density at radius 2 is 2.00 bits per heavy atom. The van der Waals surface area contributed by atoms with Gasteiger partial charge in [-0.1, -0.05) is 39.0 Å². The van der Waals surface area contributed by atoms with Crippen LogP contribution in [0.4, 0.5) is 0 Å². The van der Waals surface area contributed by atoms with Gasteiger partial charge in [0.05, 0.1) is 0 Å². The van der Waals surface area contributed by atoms with E-state index in [1.54, 1.807) is 0 Å². The summed E-state index contributed by atoms with van der Waals surface area (Å²) in [5.74, 6) is -0.497. The second-order valence-electron chi connectivity index (χ2n) is 4.69. The maximum Gasteiger partial charge on any atom is 0.320 e. The average molecular weight is 235 g/mol. The van der Waals surface area contributed by atoms with E-state index in [-0.39, 0.29) is 0 Å². The number of rotatable bonds is 5. The Kier molecular flexibility index (Phi) is 4.70. The summed E-state index contributed by atoms with van der Waals surface area (Å²) in [6.07, 6.45) is 1.30. The minimum atomic E-state index is -0.943. The lowest BCUT2D eigenvalue weighted by Crippen LogP contribution is -2.32. The number of carboxylic acids is 1. The molecule has 0 aliphatic carbocycles. The van der Waals surface area contributed by atoms with Gasteiger partial charge in [-0.05, 0) is 35.4 Å². The maximum absolute atomic E-state index is 10.8. The number of benzene rings is 1. The fourth-order valence-electron chi connectivity index (χ4n) is 1.86. The molecule has 1 rings (SSSR count). The van der Waals surface area contributed by atoms with Crippen LogP contribution in [-0.2, 0) is 17.6 Å². The van der Waals surface area contributed by atoms with Crippen LogP contribution in [0.1, 0.15) is 43.4 Å². The van der Waals surface area contributed by atoms with E-state index in [4.69, 9.17) is 10.8 Å². The lowest BCUT2D eigenvalue weighted by molar-refractivity contribution is -0.138. The summed E-state index contributed by atoms with van der Waals surface area (Å²) in [6.45, 7) is 6.32. The summed E-state index contributed by atoms with van der Waals surface area (Å²) in [4.78, 5) is 10.8. The highest BCUT2D eigenvalue weighted by molar-refractivity contribution is 5.73. The lowest BCUT2D eigenvalue weighted by Gasteiger charge is -2.14. The number of hydrogen-bond donors (Lipinski definition) is 2. The second-order valence-corrected chi connectivity index (χ2v) is 4.69. The normalized spacial score (nSPS) is 12.8. The van der Waals surface area contributed by atoms with Crippen LogP contribution in [0.25, 0.3) is 0 Å². The number of carboxylic acid groups (broad SMARTS) is 1. The Bertz CT molecular complexity index is 399. The Labute approximate surface area is 103 Å². The minimum absolute atomic E-state index is 0.402. The van der Waals surface area contributed by atoms with Crippen LogP contribution in [0.3, 0.4) is 0 Å². The van der Waals surface area contributed by atoms with Crippen molar-refractivity contribution in [2.45, 2.75) is 45.6 Å². The van der Waals surface area contributed by atoms with Crippen LogP contribution in [0, 0.1) is 0 Å². The van der Waals surface area contributed by atoms with Gasteiger partial charge in [-0.25, -0.2) is 0 Å².